The van der Waals surface area contributed by atoms with E-state index in [0.717, 1.165) is 19.3 Å². The smallest absolute Gasteiger partial charge is 0.310 e. The molecule has 0 aromatic heterocycles. The molecular weight excluding hydrogens is 236 g/mol. The van der Waals surface area contributed by atoms with Gasteiger partial charge in [0, 0.05) is 0 Å². The minimum Gasteiger partial charge on any atom is -0.460 e. The molecule has 19 heavy (non-hydrogen) atoms. The lowest BCUT2D eigenvalue weighted by molar-refractivity contribution is -0.166. The van der Waals surface area contributed by atoms with Gasteiger partial charge in [-0.3, -0.25) is 4.79 Å². The molecular formula is C17H34O2. The Kier molecular flexibility index (Phi) is 6.10. The summed E-state index contributed by atoms with van der Waals surface area (Å²) in [5, 5.41) is 0. The van der Waals surface area contributed by atoms with Crippen molar-refractivity contribution in [3.63, 3.8) is 0 Å². The van der Waals surface area contributed by atoms with Crippen molar-refractivity contribution in [1.29, 1.82) is 0 Å². The van der Waals surface area contributed by atoms with Gasteiger partial charge in [0.05, 0.1) is 5.92 Å². The number of ether oxygens (including phenoxy) is 1. The number of hydrogen-bond acceptors (Lipinski definition) is 2. The maximum absolute atomic E-state index is 12.5. The highest BCUT2D eigenvalue weighted by Gasteiger charge is 2.39. The average molecular weight is 270 g/mol. The zero-order valence-electron chi connectivity index (χ0n) is 14.5. The van der Waals surface area contributed by atoms with Crippen molar-refractivity contribution in [2.45, 2.75) is 87.2 Å². The maximum Gasteiger partial charge on any atom is 0.310 e. The standard InChI is InChI=1S/C17H34O2/c1-10-16(6,7)12-13(17(8,9)11-2)14(18)19-15(3,4)5/h13H,10-12H2,1-9H3. The minimum atomic E-state index is -0.407. The van der Waals surface area contributed by atoms with Gasteiger partial charge >= 0.3 is 5.97 Å². The van der Waals surface area contributed by atoms with Crippen LogP contribution in [0, 0.1) is 16.7 Å². The molecule has 0 N–H and O–H groups in total. The highest BCUT2D eigenvalue weighted by molar-refractivity contribution is 5.73. The third kappa shape index (κ3) is 6.44. The van der Waals surface area contributed by atoms with Crippen molar-refractivity contribution in [3.8, 4) is 0 Å². The average Bonchev–Trinajstić information content (AvgIpc) is 2.23. The first-order valence-electron chi connectivity index (χ1n) is 7.57. The number of rotatable bonds is 6. The molecule has 114 valence electrons. The molecule has 0 amide bonds. The lowest BCUT2D eigenvalue weighted by Gasteiger charge is -2.38. The molecule has 2 nitrogen and oxygen atoms in total. The molecule has 0 heterocycles. The Balaban J connectivity index is 5.14. The predicted octanol–water partition coefficient (Wildman–Crippen LogP) is 5.21. The van der Waals surface area contributed by atoms with Crippen LogP contribution in [0.3, 0.4) is 0 Å². The fourth-order valence-electron chi connectivity index (χ4n) is 1.99. The lowest BCUT2D eigenvalue weighted by Crippen LogP contribution is -2.38. The van der Waals surface area contributed by atoms with Gasteiger partial charge in [-0.15, -0.1) is 0 Å². The summed E-state index contributed by atoms with van der Waals surface area (Å²) in [5.74, 6) is -0.0763. The van der Waals surface area contributed by atoms with Crippen LogP contribution in [0.25, 0.3) is 0 Å². The quantitative estimate of drug-likeness (QED) is 0.619. The summed E-state index contributed by atoms with van der Waals surface area (Å²) >= 11 is 0. The summed E-state index contributed by atoms with van der Waals surface area (Å²) in [6.07, 6.45) is 2.95. The van der Waals surface area contributed by atoms with Gasteiger partial charge in [-0.2, -0.15) is 0 Å². The number of hydrogen-bond donors (Lipinski definition) is 0. The van der Waals surface area contributed by atoms with Crippen LogP contribution in [-0.2, 0) is 9.53 Å². The number of carbonyl (C=O) groups excluding carboxylic acids is 1. The predicted molar refractivity (Wildman–Crippen MR) is 82.1 cm³/mol. The van der Waals surface area contributed by atoms with Crippen LogP contribution in [0.4, 0.5) is 0 Å². The highest BCUT2D eigenvalue weighted by Crippen LogP contribution is 2.41. The van der Waals surface area contributed by atoms with E-state index in [-0.39, 0.29) is 22.7 Å². The van der Waals surface area contributed by atoms with Gasteiger partial charge in [0.25, 0.3) is 0 Å². The molecule has 1 unspecified atom stereocenters. The molecule has 0 aliphatic carbocycles. The van der Waals surface area contributed by atoms with E-state index < -0.39 is 5.60 Å². The van der Waals surface area contributed by atoms with Crippen LogP contribution in [0.1, 0.15) is 81.6 Å². The van der Waals surface area contributed by atoms with Gasteiger partial charge in [0.2, 0.25) is 0 Å². The maximum atomic E-state index is 12.5. The van der Waals surface area contributed by atoms with E-state index in [1.165, 1.54) is 0 Å². The zero-order valence-corrected chi connectivity index (χ0v) is 14.5. The van der Waals surface area contributed by atoms with Gasteiger partial charge in [0.15, 0.2) is 0 Å². The van der Waals surface area contributed by atoms with E-state index in [1.54, 1.807) is 0 Å². The fraction of sp³-hybridized carbons (Fsp3) is 0.941. The Morgan fingerprint density at radius 1 is 0.947 bits per heavy atom. The van der Waals surface area contributed by atoms with E-state index in [0.29, 0.717) is 0 Å². The van der Waals surface area contributed by atoms with Crippen LogP contribution in [0.5, 0.6) is 0 Å². The van der Waals surface area contributed by atoms with E-state index in [2.05, 4.69) is 41.5 Å². The summed E-state index contributed by atoms with van der Waals surface area (Å²) in [4.78, 5) is 12.5. The monoisotopic (exact) mass is 270 g/mol. The summed E-state index contributed by atoms with van der Waals surface area (Å²) < 4.78 is 5.64. The molecule has 0 rings (SSSR count). The van der Waals surface area contributed by atoms with Crippen LogP contribution in [0.15, 0.2) is 0 Å². The Hall–Kier alpha value is -0.530. The second-order valence-corrected chi connectivity index (χ2v) is 8.15. The third-order valence-corrected chi connectivity index (χ3v) is 4.26. The van der Waals surface area contributed by atoms with E-state index in [1.807, 2.05) is 20.8 Å². The minimum absolute atomic E-state index is 0.0191. The summed E-state index contributed by atoms with van der Waals surface area (Å²) in [7, 11) is 0. The van der Waals surface area contributed by atoms with E-state index in [4.69, 9.17) is 4.74 Å². The van der Waals surface area contributed by atoms with Gasteiger partial charge in [-0.25, -0.2) is 0 Å². The molecule has 0 aromatic rings. The van der Waals surface area contributed by atoms with Gasteiger partial charge < -0.3 is 4.74 Å². The molecule has 0 saturated carbocycles. The molecule has 0 fully saturated rings. The Labute approximate surface area is 120 Å². The second kappa shape index (κ2) is 6.28. The van der Waals surface area contributed by atoms with Crippen molar-refractivity contribution in [2.75, 3.05) is 0 Å². The molecule has 2 heteroatoms. The molecule has 0 bridgehead atoms. The van der Waals surface area contributed by atoms with Crippen molar-refractivity contribution < 1.29 is 9.53 Å². The molecule has 1 atom stereocenters. The van der Waals surface area contributed by atoms with Crippen molar-refractivity contribution in [3.05, 3.63) is 0 Å². The topological polar surface area (TPSA) is 26.3 Å². The van der Waals surface area contributed by atoms with Gasteiger partial charge in [-0.05, 0) is 38.0 Å². The number of esters is 1. The van der Waals surface area contributed by atoms with Crippen LogP contribution in [-0.4, -0.2) is 11.6 Å². The molecule has 0 aliphatic heterocycles. The summed E-state index contributed by atoms with van der Waals surface area (Å²) in [5.41, 5.74) is -0.252. The molecule has 0 radical (unpaired) electrons. The normalized spacial score (nSPS) is 15.2. The first-order valence-corrected chi connectivity index (χ1v) is 7.57. The van der Waals surface area contributed by atoms with Gasteiger partial charge in [0.1, 0.15) is 5.60 Å². The van der Waals surface area contributed by atoms with Crippen molar-refractivity contribution in [2.24, 2.45) is 16.7 Å². The largest absolute Gasteiger partial charge is 0.460 e. The summed E-state index contributed by atoms with van der Waals surface area (Å²) in [6, 6.07) is 0. The fourth-order valence-corrected chi connectivity index (χ4v) is 1.99. The molecule has 0 saturated heterocycles. The third-order valence-electron chi connectivity index (χ3n) is 4.26. The Bertz CT molecular complexity index is 295. The zero-order chi connectivity index (χ0) is 15.5. The van der Waals surface area contributed by atoms with Crippen LogP contribution >= 0.6 is 0 Å². The first kappa shape index (κ1) is 18.5. The Morgan fingerprint density at radius 2 is 1.42 bits per heavy atom. The SMILES string of the molecule is CCC(C)(C)CC(C(=O)OC(C)(C)C)C(C)(C)CC. The van der Waals surface area contributed by atoms with E-state index >= 15 is 0 Å². The van der Waals surface area contributed by atoms with Crippen molar-refractivity contribution >= 4 is 5.97 Å². The lowest BCUT2D eigenvalue weighted by atomic mass is 9.68. The van der Waals surface area contributed by atoms with Crippen LogP contribution in [0.2, 0.25) is 0 Å². The molecule has 0 aromatic carbocycles. The first-order chi connectivity index (χ1) is 8.34. The van der Waals surface area contributed by atoms with Crippen molar-refractivity contribution in [1.82, 2.24) is 0 Å². The highest BCUT2D eigenvalue weighted by atomic mass is 16.6. The second-order valence-electron chi connectivity index (χ2n) is 8.15. The Morgan fingerprint density at radius 3 is 1.74 bits per heavy atom. The van der Waals surface area contributed by atoms with E-state index in [9.17, 15) is 4.79 Å². The number of carbonyl (C=O) groups is 1. The molecule has 0 aliphatic rings. The molecule has 0 spiro atoms. The van der Waals surface area contributed by atoms with Gasteiger partial charge in [-0.1, -0.05) is 54.4 Å². The van der Waals surface area contributed by atoms with Crippen LogP contribution < -0.4 is 0 Å². The summed E-state index contributed by atoms with van der Waals surface area (Å²) in [6.45, 7) is 19.0.